The highest BCUT2D eigenvalue weighted by Crippen LogP contribution is 2.37. The second kappa shape index (κ2) is 7.59. The number of phenols is 2. The Labute approximate surface area is 162 Å². The monoisotopic (exact) mass is 382 g/mol. The van der Waals surface area contributed by atoms with Crippen LogP contribution in [-0.4, -0.2) is 54.5 Å². The number of aromatic nitrogens is 3. The number of benzene rings is 2. The second-order valence-electron chi connectivity index (χ2n) is 6.35. The van der Waals surface area contributed by atoms with Crippen molar-refractivity contribution in [3.8, 4) is 34.6 Å². The van der Waals surface area contributed by atoms with Crippen molar-refractivity contribution in [1.82, 2.24) is 19.7 Å². The summed E-state index contributed by atoms with van der Waals surface area (Å²) >= 11 is 0. The van der Waals surface area contributed by atoms with Crippen LogP contribution >= 0.6 is 0 Å². The maximum atomic E-state index is 12.5. The fourth-order valence-electron chi connectivity index (χ4n) is 2.98. The van der Waals surface area contributed by atoms with Gasteiger partial charge in [-0.1, -0.05) is 30.2 Å². The quantitative estimate of drug-likeness (QED) is 0.626. The van der Waals surface area contributed by atoms with Gasteiger partial charge in [0.25, 0.3) is 5.91 Å². The predicted octanol–water partition coefficient (Wildman–Crippen LogP) is 2.71. The summed E-state index contributed by atoms with van der Waals surface area (Å²) in [5.41, 5.74) is 1.80. The zero-order valence-corrected chi connectivity index (χ0v) is 15.9. The van der Waals surface area contributed by atoms with Crippen molar-refractivity contribution in [2.45, 2.75) is 20.3 Å². The van der Waals surface area contributed by atoms with E-state index in [1.165, 1.54) is 15.5 Å². The molecule has 0 spiro atoms. The van der Waals surface area contributed by atoms with Crippen molar-refractivity contribution in [2.75, 3.05) is 13.6 Å². The molecule has 0 aliphatic carbocycles. The van der Waals surface area contributed by atoms with Crippen LogP contribution in [0, 0.1) is 0 Å². The third kappa shape index (κ3) is 3.24. The lowest BCUT2D eigenvalue weighted by molar-refractivity contribution is 0.0799. The Hall–Kier alpha value is -3.55. The highest BCUT2D eigenvalue weighted by Gasteiger charge is 2.23. The van der Waals surface area contributed by atoms with Gasteiger partial charge in [-0.3, -0.25) is 4.79 Å². The van der Waals surface area contributed by atoms with E-state index in [0.717, 1.165) is 11.6 Å². The molecule has 0 saturated carbocycles. The van der Waals surface area contributed by atoms with Crippen LogP contribution in [0.15, 0.2) is 36.4 Å². The molecule has 1 amide bonds. The molecule has 0 radical (unpaired) electrons. The molecule has 0 atom stereocenters. The molecule has 3 aromatic rings. The molecular formula is C20H22N4O4. The summed E-state index contributed by atoms with van der Waals surface area (Å²) in [6.45, 7) is 4.25. The summed E-state index contributed by atoms with van der Waals surface area (Å²) in [7, 11) is 1.61. The Morgan fingerprint density at radius 1 is 1.07 bits per heavy atom. The molecule has 0 unspecified atom stereocenters. The first kappa shape index (κ1) is 19.2. The number of carbonyl (C=O) groups excluding carboxylic acids is 1. The van der Waals surface area contributed by atoms with E-state index in [2.05, 4.69) is 10.2 Å². The van der Waals surface area contributed by atoms with E-state index < -0.39 is 5.91 Å². The van der Waals surface area contributed by atoms with Crippen LogP contribution < -0.4 is 0 Å². The van der Waals surface area contributed by atoms with Gasteiger partial charge in [0.1, 0.15) is 11.5 Å². The van der Waals surface area contributed by atoms with Crippen molar-refractivity contribution in [3.05, 3.63) is 47.5 Å². The summed E-state index contributed by atoms with van der Waals surface area (Å²) in [4.78, 5) is 14.0. The molecule has 0 fully saturated rings. The van der Waals surface area contributed by atoms with Crippen LogP contribution in [0.1, 0.15) is 29.8 Å². The average molecular weight is 382 g/mol. The Bertz CT molecular complexity index is 1030. The second-order valence-corrected chi connectivity index (χ2v) is 6.35. The van der Waals surface area contributed by atoms with E-state index in [1.54, 1.807) is 13.1 Å². The van der Waals surface area contributed by atoms with Crippen LogP contribution in [0.4, 0.5) is 0 Å². The Kier molecular flexibility index (Phi) is 5.21. The Balaban J connectivity index is 2.22. The van der Waals surface area contributed by atoms with E-state index in [0.29, 0.717) is 18.7 Å². The lowest BCUT2D eigenvalue weighted by Gasteiger charge is -2.17. The van der Waals surface area contributed by atoms with Gasteiger partial charge in [0, 0.05) is 19.7 Å². The molecule has 0 aliphatic heterocycles. The number of hydrogen-bond donors (Lipinski definition) is 3. The standard InChI is InChI=1S/C20H22N4O4/c1-4-12-8-6-7-9-15(12)24-18(21-22-20(24)28)13-10-14(17(26)11-16(13)25)19(27)23(3)5-2/h6-11,25-26H,4-5H2,1-3H3,(H,22,28). The van der Waals surface area contributed by atoms with Crippen molar-refractivity contribution in [2.24, 2.45) is 0 Å². The van der Waals surface area contributed by atoms with Gasteiger partial charge in [-0.05, 0) is 31.0 Å². The predicted molar refractivity (Wildman–Crippen MR) is 104 cm³/mol. The van der Waals surface area contributed by atoms with E-state index in [1.807, 2.05) is 32.0 Å². The molecule has 1 aromatic heterocycles. The zero-order chi connectivity index (χ0) is 20.4. The van der Waals surface area contributed by atoms with Crippen LogP contribution in [-0.2, 0) is 6.42 Å². The number of amides is 1. The first-order valence-electron chi connectivity index (χ1n) is 8.93. The smallest absolute Gasteiger partial charge is 0.319 e. The maximum Gasteiger partial charge on any atom is 0.319 e. The van der Waals surface area contributed by atoms with E-state index >= 15 is 0 Å². The highest BCUT2D eigenvalue weighted by molar-refractivity contribution is 5.98. The maximum absolute atomic E-state index is 12.5. The molecule has 1 heterocycles. The van der Waals surface area contributed by atoms with Crippen LogP contribution in [0.2, 0.25) is 0 Å². The molecule has 146 valence electrons. The molecule has 0 bridgehead atoms. The van der Waals surface area contributed by atoms with Crippen molar-refractivity contribution < 1.29 is 20.1 Å². The number of rotatable bonds is 5. The summed E-state index contributed by atoms with van der Waals surface area (Å²) in [6, 6.07) is 9.53. The summed E-state index contributed by atoms with van der Waals surface area (Å²) in [6.07, 6.45) is 0.708. The minimum absolute atomic E-state index is 0.0231. The third-order valence-electron chi connectivity index (χ3n) is 4.67. The third-order valence-corrected chi connectivity index (χ3v) is 4.67. The zero-order valence-electron chi connectivity index (χ0n) is 15.9. The molecule has 2 aromatic carbocycles. The normalized spacial score (nSPS) is 10.8. The van der Waals surface area contributed by atoms with Gasteiger partial charge in [-0.15, -0.1) is 5.10 Å². The van der Waals surface area contributed by atoms with E-state index in [4.69, 9.17) is 0 Å². The summed E-state index contributed by atoms with van der Waals surface area (Å²) < 4.78 is 1.41. The average Bonchev–Trinajstić information content (AvgIpc) is 3.07. The highest BCUT2D eigenvalue weighted by atomic mass is 16.3. The van der Waals surface area contributed by atoms with Crippen molar-refractivity contribution in [1.29, 1.82) is 0 Å². The fraction of sp³-hybridized carbons (Fsp3) is 0.250. The number of carbonyl (C=O) groups is 1. The molecule has 0 aliphatic rings. The molecule has 28 heavy (non-hydrogen) atoms. The molecular weight excluding hydrogens is 360 g/mol. The first-order chi connectivity index (χ1) is 13.4. The van der Waals surface area contributed by atoms with E-state index in [-0.39, 0.29) is 34.5 Å². The van der Waals surface area contributed by atoms with Gasteiger partial charge >= 0.3 is 6.01 Å². The van der Waals surface area contributed by atoms with Crippen LogP contribution in [0.25, 0.3) is 17.1 Å². The molecule has 8 nitrogen and oxygen atoms in total. The van der Waals surface area contributed by atoms with Crippen molar-refractivity contribution >= 4 is 5.91 Å². The number of aryl methyl sites for hydroxylation is 1. The molecule has 3 rings (SSSR count). The fourth-order valence-corrected chi connectivity index (χ4v) is 2.98. The van der Waals surface area contributed by atoms with Gasteiger partial charge in [0.2, 0.25) is 0 Å². The molecule has 8 heteroatoms. The van der Waals surface area contributed by atoms with Gasteiger partial charge in [0.05, 0.1) is 16.8 Å². The lowest BCUT2D eigenvalue weighted by Crippen LogP contribution is -2.26. The number of aromatic hydroxyl groups is 3. The Morgan fingerprint density at radius 2 is 1.79 bits per heavy atom. The van der Waals surface area contributed by atoms with Crippen molar-refractivity contribution in [3.63, 3.8) is 0 Å². The number of phenolic OH excluding ortho intramolecular Hbond substituents is 2. The largest absolute Gasteiger partial charge is 0.507 e. The van der Waals surface area contributed by atoms with Crippen LogP contribution in [0.3, 0.4) is 0 Å². The lowest BCUT2D eigenvalue weighted by atomic mass is 10.1. The first-order valence-corrected chi connectivity index (χ1v) is 8.93. The number of hydrogen-bond acceptors (Lipinski definition) is 6. The summed E-state index contributed by atoms with van der Waals surface area (Å²) in [5, 5.41) is 38.6. The Morgan fingerprint density at radius 3 is 2.46 bits per heavy atom. The van der Waals surface area contributed by atoms with Gasteiger partial charge < -0.3 is 20.2 Å². The number of para-hydroxylation sites is 1. The van der Waals surface area contributed by atoms with Crippen LogP contribution in [0.5, 0.6) is 17.5 Å². The van der Waals surface area contributed by atoms with Gasteiger partial charge in [-0.2, -0.15) is 0 Å². The van der Waals surface area contributed by atoms with Gasteiger partial charge in [0.15, 0.2) is 5.82 Å². The minimum Gasteiger partial charge on any atom is -0.507 e. The summed E-state index contributed by atoms with van der Waals surface area (Å²) in [5.74, 6) is -0.860. The topological polar surface area (TPSA) is 112 Å². The van der Waals surface area contributed by atoms with Gasteiger partial charge in [-0.25, -0.2) is 4.57 Å². The molecule has 0 saturated heterocycles. The van der Waals surface area contributed by atoms with E-state index in [9.17, 15) is 20.1 Å². The number of nitrogens with zero attached hydrogens (tertiary/aromatic N) is 4. The minimum atomic E-state index is -0.398. The molecule has 3 N–H and O–H groups in total. The SMILES string of the molecule is CCc1ccccc1-n1c(O)nnc1-c1cc(C(=O)N(C)CC)c(O)cc1O.